The lowest BCUT2D eigenvalue weighted by Gasteiger charge is -2.06. The lowest BCUT2D eigenvalue weighted by Crippen LogP contribution is -2.11. The van der Waals surface area contributed by atoms with E-state index in [0.717, 1.165) is 10.0 Å². The third kappa shape index (κ3) is 3.11. The molecule has 20 heavy (non-hydrogen) atoms. The smallest absolute Gasteiger partial charge is 0.168 e. The second-order valence-electron chi connectivity index (χ2n) is 4.81. The molecule has 0 unspecified atom stereocenters. The van der Waals surface area contributed by atoms with E-state index < -0.39 is 0 Å². The number of rotatable bonds is 4. The van der Waals surface area contributed by atoms with E-state index in [9.17, 15) is 5.26 Å². The number of hydrogen-bond acceptors (Lipinski definition) is 4. The van der Waals surface area contributed by atoms with Gasteiger partial charge in [0.25, 0.3) is 0 Å². The monoisotopic (exact) mass is 333 g/mol. The van der Waals surface area contributed by atoms with E-state index in [1.807, 2.05) is 38.1 Å². The van der Waals surface area contributed by atoms with Crippen LogP contribution in [-0.2, 0) is 6.54 Å². The number of benzene rings is 1. The van der Waals surface area contributed by atoms with Gasteiger partial charge in [0.1, 0.15) is 17.5 Å². The van der Waals surface area contributed by atoms with Crippen molar-refractivity contribution in [1.29, 1.82) is 5.26 Å². The van der Waals surface area contributed by atoms with Crippen molar-refractivity contribution in [3.05, 3.63) is 39.9 Å². The van der Waals surface area contributed by atoms with Gasteiger partial charge < -0.3 is 11.1 Å². The Labute approximate surface area is 126 Å². The first-order valence-corrected chi connectivity index (χ1v) is 7.08. The maximum absolute atomic E-state index is 9.20. The molecule has 2 rings (SSSR count). The fourth-order valence-corrected chi connectivity index (χ4v) is 2.34. The fraction of sp³-hybridized carbons (Fsp3) is 0.286. The van der Waals surface area contributed by atoms with Gasteiger partial charge in [-0.1, -0.05) is 28.1 Å². The molecule has 5 nitrogen and oxygen atoms in total. The largest absolute Gasteiger partial charge is 0.383 e. The van der Waals surface area contributed by atoms with Crippen LogP contribution in [0.2, 0.25) is 0 Å². The van der Waals surface area contributed by atoms with E-state index in [1.165, 1.54) is 0 Å². The maximum Gasteiger partial charge on any atom is 0.168 e. The molecule has 6 heteroatoms. The molecule has 2 aromatic rings. The van der Waals surface area contributed by atoms with Crippen LogP contribution in [0.4, 0.5) is 11.6 Å². The Kier molecular flexibility index (Phi) is 4.30. The molecular formula is C14H16BrN5. The van der Waals surface area contributed by atoms with Gasteiger partial charge in [0.15, 0.2) is 5.82 Å². The Bertz CT molecular complexity index is 654. The van der Waals surface area contributed by atoms with E-state index in [-0.39, 0.29) is 6.04 Å². The second kappa shape index (κ2) is 5.97. The highest BCUT2D eigenvalue weighted by Crippen LogP contribution is 2.22. The summed E-state index contributed by atoms with van der Waals surface area (Å²) in [5.41, 5.74) is 7.46. The summed E-state index contributed by atoms with van der Waals surface area (Å²) >= 11 is 3.43. The number of nitriles is 1. The molecule has 1 heterocycles. The third-order valence-corrected chi connectivity index (χ3v) is 3.24. The minimum Gasteiger partial charge on any atom is -0.383 e. The summed E-state index contributed by atoms with van der Waals surface area (Å²) in [6.45, 7) is 4.51. The van der Waals surface area contributed by atoms with Gasteiger partial charge >= 0.3 is 0 Å². The number of aromatic nitrogens is 2. The lowest BCUT2D eigenvalue weighted by molar-refractivity contribution is 0.695. The molecule has 0 saturated heterocycles. The van der Waals surface area contributed by atoms with E-state index in [1.54, 1.807) is 4.68 Å². The summed E-state index contributed by atoms with van der Waals surface area (Å²) in [7, 11) is 0. The first kappa shape index (κ1) is 14.4. The third-order valence-electron chi connectivity index (χ3n) is 2.75. The van der Waals surface area contributed by atoms with Crippen LogP contribution in [0.15, 0.2) is 28.7 Å². The summed E-state index contributed by atoms with van der Waals surface area (Å²) in [4.78, 5) is 0. The predicted molar refractivity (Wildman–Crippen MR) is 83.4 cm³/mol. The van der Waals surface area contributed by atoms with Gasteiger partial charge in [-0.3, -0.25) is 0 Å². The van der Waals surface area contributed by atoms with E-state index in [4.69, 9.17) is 5.73 Å². The SMILES string of the molecule is CC(C)Nc1nn(Cc2cccc(Br)c2)c(N)c1C#N. The Morgan fingerprint density at radius 3 is 2.85 bits per heavy atom. The first-order valence-electron chi connectivity index (χ1n) is 6.28. The molecule has 1 aromatic carbocycles. The highest BCUT2D eigenvalue weighted by Gasteiger charge is 2.16. The van der Waals surface area contributed by atoms with E-state index >= 15 is 0 Å². The van der Waals surface area contributed by atoms with E-state index in [2.05, 4.69) is 32.4 Å². The Hall–Kier alpha value is -2.00. The Morgan fingerprint density at radius 2 is 2.25 bits per heavy atom. The van der Waals surface area contributed by atoms with Crippen molar-refractivity contribution >= 4 is 27.6 Å². The zero-order valence-electron chi connectivity index (χ0n) is 11.4. The number of anilines is 2. The average Bonchev–Trinajstić information content (AvgIpc) is 2.64. The van der Waals surface area contributed by atoms with Gasteiger partial charge in [-0.05, 0) is 31.5 Å². The van der Waals surface area contributed by atoms with Gasteiger partial charge in [0.05, 0.1) is 6.54 Å². The molecule has 3 N–H and O–H groups in total. The van der Waals surface area contributed by atoms with Gasteiger partial charge in [-0.15, -0.1) is 0 Å². The van der Waals surface area contributed by atoms with Crippen LogP contribution in [0.5, 0.6) is 0 Å². The molecule has 0 fully saturated rings. The zero-order valence-corrected chi connectivity index (χ0v) is 13.0. The van der Waals surface area contributed by atoms with Crippen LogP contribution in [0.25, 0.3) is 0 Å². The normalized spacial score (nSPS) is 10.6. The van der Waals surface area contributed by atoms with Crippen LogP contribution < -0.4 is 11.1 Å². The molecule has 0 radical (unpaired) electrons. The van der Waals surface area contributed by atoms with E-state index in [0.29, 0.717) is 23.7 Å². The number of nitrogen functional groups attached to an aromatic ring is 1. The molecule has 1 aromatic heterocycles. The van der Waals surface area contributed by atoms with Gasteiger partial charge in [-0.2, -0.15) is 10.4 Å². The van der Waals surface area contributed by atoms with Crippen LogP contribution >= 0.6 is 15.9 Å². The molecule has 0 bridgehead atoms. The van der Waals surface area contributed by atoms with Crippen molar-refractivity contribution in [2.75, 3.05) is 11.1 Å². The summed E-state index contributed by atoms with van der Waals surface area (Å²) in [6, 6.07) is 10.2. The second-order valence-corrected chi connectivity index (χ2v) is 5.72. The minimum atomic E-state index is 0.190. The molecule has 0 aliphatic heterocycles. The van der Waals surface area contributed by atoms with Crippen molar-refractivity contribution < 1.29 is 0 Å². The minimum absolute atomic E-state index is 0.190. The van der Waals surface area contributed by atoms with Crippen molar-refractivity contribution in [1.82, 2.24) is 9.78 Å². The number of nitrogens with zero attached hydrogens (tertiary/aromatic N) is 3. The predicted octanol–water partition coefficient (Wildman–Crippen LogP) is 2.97. The van der Waals surface area contributed by atoms with Gasteiger partial charge in [0, 0.05) is 10.5 Å². The highest BCUT2D eigenvalue weighted by atomic mass is 79.9. The highest BCUT2D eigenvalue weighted by molar-refractivity contribution is 9.10. The number of halogens is 1. The zero-order chi connectivity index (χ0) is 14.7. The molecule has 104 valence electrons. The summed E-state index contributed by atoms with van der Waals surface area (Å²) in [5, 5.41) is 16.7. The molecule has 0 aliphatic carbocycles. The Balaban J connectivity index is 2.33. The number of hydrogen-bond donors (Lipinski definition) is 2. The maximum atomic E-state index is 9.20. The van der Waals surface area contributed by atoms with Gasteiger partial charge in [-0.25, -0.2) is 4.68 Å². The molecule has 0 aliphatic rings. The summed E-state index contributed by atoms with van der Waals surface area (Å²) in [6.07, 6.45) is 0. The van der Waals surface area contributed by atoms with Crippen LogP contribution in [0.3, 0.4) is 0 Å². The number of nitrogens with one attached hydrogen (secondary N) is 1. The Morgan fingerprint density at radius 1 is 1.50 bits per heavy atom. The fourth-order valence-electron chi connectivity index (χ4n) is 1.89. The molecular weight excluding hydrogens is 318 g/mol. The van der Waals surface area contributed by atoms with Crippen molar-refractivity contribution in [2.24, 2.45) is 0 Å². The lowest BCUT2D eigenvalue weighted by atomic mass is 10.2. The number of nitrogens with two attached hydrogens (primary N) is 1. The molecule has 0 amide bonds. The average molecular weight is 334 g/mol. The molecule has 0 spiro atoms. The van der Waals surface area contributed by atoms with Crippen molar-refractivity contribution in [3.63, 3.8) is 0 Å². The first-order chi connectivity index (χ1) is 9.51. The summed E-state index contributed by atoms with van der Waals surface area (Å²) < 4.78 is 2.65. The van der Waals surface area contributed by atoms with Crippen LogP contribution in [-0.4, -0.2) is 15.8 Å². The summed E-state index contributed by atoms with van der Waals surface area (Å²) in [5.74, 6) is 0.922. The van der Waals surface area contributed by atoms with Crippen molar-refractivity contribution in [3.8, 4) is 6.07 Å². The standard InChI is InChI=1S/C14H16BrN5/c1-9(2)18-14-12(7-16)13(17)20(19-14)8-10-4-3-5-11(15)6-10/h3-6,9H,8,17H2,1-2H3,(H,18,19). The van der Waals surface area contributed by atoms with Crippen LogP contribution in [0, 0.1) is 11.3 Å². The molecule has 0 atom stereocenters. The van der Waals surface area contributed by atoms with Gasteiger partial charge in [0.2, 0.25) is 0 Å². The topological polar surface area (TPSA) is 79.7 Å². The quantitative estimate of drug-likeness (QED) is 0.901. The van der Waals surface area contributed by atoms with Crippen molar-refractivity contribution in [2.45, 2.75) is 26.4 Å². The van der Waals surface area contributed by atoms with Crippen LogP contribution in [0.1, 0.15) is 25.0 Å². The molecule has 0 saturated carbocycles.